The van der Waals surface area contributed by atoms with Gasteiger partial charge in [0.05, 0.1) is 0 Å². The third-order valence-electron chi connectivity index (χ3n) is 4.74. The maximum atomic E-state index is 12.3. The van der Waals surface area contributed by atoms with Gasteiger partial charge in [-0.25, -0.2) is 0 Å². The second-order valence-electron chi connectivity index (χ2n) is 7.28. The van der Waals surface area contributed by atoms with E-state index in [1.54, 1.807) is 0 Å². The van der Waals surface area contributed by atoms with Crippen molar-refractivity contribution in [3.05, 3.63) is 11.8 Å². The highest BCUT2D eigenvalue weighted by molar-refractivity contribution is 5.94. The van der Waals surface area contributed by atoms with E-state index in [2.05, 4.69) is 41.6 Å². The van der Waals surface area contributed by atoms with E-state index in [0.717, 1.165) is 38.0 Å². The minimum absolute atomic E-state index is 0.0197. The first kappa shape index (κ1) is 13.6. The van der Waals surface area contributed by atoms with Crippen molar-refractivity contribution in [1.82, 2.24) is 15.5 Å². The average molecular weight is 276 g/mol. The molecule has 1 unspecified atom stereocenters. The molecule has 0 radical (unpaired) electrons. The number of nitrogens with one attached hydrogen (secondary N) is 3. The monoisotopic (exact) mass is 276 g/mol. The fourth-order valence-electron chi connectivity index (χ4n) is 3.18. The Labute approximate surface area is 119 Å². The molecule has 1 aliphatic carbocycles. The van der Waals surface area contributed by atoms with Crippen molar-refractivity contribution in [2.45, 2.75) is 45.4 Å². The number of carbonyl (C=O) groups is 1. The van der Waals surface area contributed by atoms with E-state index >= 15 is 0 Å². The Bertz CT molecular complexity index is 508. The Hall–Kier alpha value is -1.36. The SMILES string of the molecule is CC(C)(C)c1cc(NC(=O)C2CC23CCNCC3)n[nH]1. The molecule has 5 heteroatoms. The predicted molar refractivity (Wildman–Crippen MR) is 78.6 cm³/mol. The van der Waals surface area contributed by atoms with Crippen LogP contribution < -0.4 is 10.6 Å². The number of hydrogen-bond donors (Lipinski definition) is 3. The molecule has 2 aliphatic rings. The van der Waals surface area contributed by atoms with E-state index in [0.29, 0.717) is 5.82 Å². The average Bonchev–Trinajstić information content (AvgIpc) is 2.85. The number of hydrogen-bond acceptors (Lipinski definition) is 3. The Kier molecular flexibility index (Phi) is 3.12. The molecule has 5 nitrogen and oxygen atoms in total. The summed E-state index contributed by atoms with van der Waals surface area (Å²) in [6.45, 7) is 8.45. The van der Waals surface area contributed by atoms with Gasteiger partial charge in [0, 0.05) is 23.1 Å². The van der Waals surface area contributed by atoms with E-state index < -0.39 is 0 Å². The molecule has 1 atom stereocenters. The first-order valence-corrected chi connectivity index (χ1v) is 7.48. The second-order valence-corrected chi connectivity index (χ2v) is 7.28. The molecule has 20 heavy (non-hydrogen) atoms. The lowest BCUT2D eigenvalue weighted by atomic mass is 9.91. The van der Waals surface area contributed by atoms with Gasteiger partial charge in [-0.05, 0) is 37.8 Å². The molecular formula is C15H24N4O. The third-order valence-corrected chi connectivity index (χ3v) is 4.74. The number of rotatable bonds is 2. The molecule has 3 rings (SSSR count). The summed E-state index contributed by atoms with van der Waals surface area (Å²) in [6.07, 6.45) is 3.29. The van der Waals surface area contributed by atoms with Gasteiger partial charge in [-0.2, -0.15) is 5.10 Å². The third kappa shape index (κ3) is 2.46. The zero-order valence-electron chi connectivity index (χ0n) is 12.5. The molecule has 110 valence electrons. The molecule has 0 aromatic carbocycles. The molecule has 1 spiro atoms. The first-order chi connectivity index (χ1) is 9.41. The van der Waals surface area contributed by atoms with E-state index in [9.17, 15) is 4.79 Å². The molecule has 1 saturated carbocycles. The number of aromatic amines is 1. The minimum atomic E-state index is 0.0197. The Morgan fingerprint density at radius 2 is 2.10 bits per heavy atom. The van der Waals surface area contributed by atoms with Crippen molar-refractivity contribution in [2.24, 2.45) is 11.3 Å². The Morgan fingerprint density at radius 1 is 1.40 bits per heavy atom. The smallest absolute Gasteiger partial charge is 0.229 e. The van der Waals surface area contributed by atoms with Gasteiger partial charge in [0.25, 0.3) is 0 Å². The lowest BCUT2D eigenvalue weighted by Gasteiger charge is -2.23. The first-order valence-electron chi connectivity index (χ1n) is 7.48. The number of amides is 1. The molecule has 3 N–H and O–H groups in total. The van der Waals surface area contributed by atoms with Crippen molar-refractivity contribution < 1.29 is 4.79 Å². The highest BCUT2D eigenvalue weighted by Crippen LogP contribution is 2.58. The number of piperidine rings is 1. The van der Waals surface area contributed by atoms with E-state index in [1.165, 1.54) is 0 Å². The standard InChI is InChI=1S/C15H24N4O/c1-14(2,3)11-8-12(19-18-11)17-13(20)10-9-15(10)4-6-16-7-5-15/h8,10,16H,4-7,9H2,1-3H3,(H2,17,18,19,20). The summed E-state index contributed by atoms with van der Waals surface area (Å²) in [5.41, 5.74) is 1.34. The quantitative estimate of drug-likeness (QED) is 0.774. The Morgan fingerprint density at radius 3 is 2.70 bits per heavy atom. The summed E-state index contributed by atoms with van der Waals surface area (Å²) in [4.78, 5) is 12.3. The molecule has 2 heterocycles. The van der Waals surface area contributed by atoms with Crippen LogP contribution in [0.25, 0.3) is 0 Å². The summed E-state index contributed by atoms with van der Waals surface area (Å²) in [7, 11) is 0. The van der Waals surface area contributed by atoms with Crippen LogP contribution in [0, 0.1) is 11.3 Å². The van der Waals surface area contributed by atoms with Crippen LogP contribution in [0.3, 0.4) is 0 Å². The van der Waals surface area contributed by atoms with Gasteiger partial charge in [-0.15, -0.1) is 0 Å². The molecular weight excluding hydrogens is 252 g/mol. The fraction of sp³-hybridized carbons (Fsp3) is 0.733. The van der Waals surface area contributed by atoms with Crippen LogP contribution >= 0.6 is 0 Å². The van der Waals surface area contributed by atoms with Gasteiger partial charge in [0.15, 0.2) is 5.82 Å². The van der Waals surface area contributed by atoms with Gasteiger partial charge in [-0.3, -0.25) is 9.89 Å². The fourth-order valence-corrected chi connectivity index (χ4v) is 3.18. The van der Waals surface area contributed by atoms with E-state index in [4.69, 9.17) is 0 Å². The maximum Gasteiger partial charge on any atom is 0.229 e. The van der Waals surface area contributed by atoms with Crippen LogP contribution in [0.1, 0.15) is 45.7 Å². The normalized spacial score (nSPS) is 24.6. The maximum absolute atomic E-state index is 12.3. The van der Waals surface area contributed by atoms with Crippen molar-refractivity contribution in [3.63, 3.8) is 0 Å². The van der Waals surface area contributed by atoms with Crippen LogP contribution in [0.2, 0.25) is 0 Å². The van der Waals surface area contributed by atoms with Gasteiger partial charge in [0.1, 0.15) is 0 Å². The molecule has 0 bridgehead atoms. The summed E-state index contributed by atoms with van der Waals surface area (Å²) in [5.74, 6) is 0.967. The molecule has 1 aliphatic heterocycles. The van der Waals surface area contributed by atoms with Gasteiger partial charge < -0.3 is 10.6 Å². The van der Waals surface area contributed by atoms with Gasteiger partial charge >= 0.3 is 0 Å². The number of aromatic nitrogens is 2. The second kappa shape index (κ2) is 4.58. The van der Waals surface area contributed by atoms with Crippen LogP contribution in [0.4, 0.5) is 5.82 Å². The minimum Gasteiger partial charge on any atom is -0.317 e. The highest BCUT2D eigenvalue weighted by Gasteiger charge is 2.57. The summed E-state index contributed by atoms with van der Waals surface area (Å²) < 4.78 is 0. The molecule has 1 amide bonds. The zero-order chi connectivity index (χ0) is 14.4. The molecule has 2 fully saturated rings. The van der Waals surface area contributed by atoms with Crippen molar-refractivity contribution >= 4 is 11.7 Å². The topological polar surface area (TPSA) is 69.8 Å². The van der Waals surface area contributed by atoms with E-state index in [1.807, 2.05) is 6.07 Å². The lowest BCUT2D eigenvalue weighted by molar-refractivity contribution is -0.118. The zero-order valence-corrected chi connectivity index (χ0v) is 12.5. The highest BCUT2D eigenvalue weighted by atomic mass is 16.2. The van der Waals surface area contributed by atoms with Gasteiger partial charge in [0.2, 0.25) is 5.91 Å². The predicted octanol–water partition coefficient (Wildman–Crippen LogP) is 2.04. The summed E-state index contributed by atoms with van der Waals surface area (Å²) in [5, 5.41) is 13.5. The van der Waals surface area contributed by atoms with E-state index in [-0.39, 0.29) is 22.7 Å². The number of nitrogens with zero attached hydrogens (tertiary/aromatic N) is 1. The van der Waals surface area contributed by atoms with Gasteiger partial charge in [-0.1, -0.05) is 20.8 Å². The largest absolute Gasteiger partial charge is 0.317 e. The lowest BCUT2D eigenvalue weighted by Crippen LogP contribution is -2.31. The number of anilines is 1. The molecule has 1 aromatic rings. The summed E-state index contributed by atoms with van der Waals surface area (Å²) in [6, 6.07) is 1.94. The van der Waals surface area contributed by atoms with Crippen LogP contribution in [0.15, 0.2) is 6.07 Å². The van der Waals surface area contributed by atoms with Crippen molar-refractivity contribution in [2.75, 3.05) is 18.4 Å². The van der Waals surface area contributed by atoms with Crippen molar-refractivity contribution in [1.29, 1.82) is 0 Å². The van der Waals surface area contributed by atoms with Crippen LogP contribution in [-0.4, -0.2) is 29.2 Å². The molecule has 1 aromatic heterocycles. The summed E-state index contributed by atoms with van der Waals surface area (Å²) >= 11 is 0. The Balaban J connectivity index is 1.61. The number of H-pyrrole nitrogens is 1. The van der Waals surface area contributed by atoms with Crippen molar-refractivity contribution in [3.8, 4) is 0 Å². The molecule has 1 saturated heterocycles. The number of carbonyl (C=O) groups excluding carboxylic acids is 1. The van der Waals surface area contributed by atoms with Crippen LogP contribution in [0.5, 0.6) is 0 Å². The van der Waals surface area contributed by atoms with Crippen LogP contribution in [-0.2, 0) is 10.2 Å².